The Labute approximate surface area is 119 Å². The van der Waals surface area contributed by atoms with E-state index in [9.17, 15) is 0 Å². The highest BCUT2D eigenvalue weighted by Crippen LogP contribution is 2.20. The van der Waals surface area contributed by atoms with E-state index in [2.05, 4.69) is 11.9 Å². The van der Waals surface area contributed by atoms with Crippen molar-refractivity contribution in [3.05, 3.63) is 29.8 Å². The molecule has 0 radical (unpaired) electrons. The Morgan fingerprint density at radius 2 is 2.06 bits per heavy atom. The van der Waals surface area contributed by atoms with Crippen LogP contribution < -0.4 is 11.5 Å². The average Bonchev–Trinajstić information content (AvgIpc) is 2.28. The summed E-state index contributed by atoms with van der Waals surface area (Å²) in [5.74, 6) is 0. The van der Waals surface area contributed by atoms with Crippen LogP contribution in [0.3, 0.4) is 0 Å². The normalized spacial score (nSPS) is 12.3. The molecule has 98 valence electrons. The lowest BCUT2D eigenvalue weighted by Crippen LogP contribution is -2.08. The van der Waals surface area contributed by atoms with Gasteiger partial charge in [-0.15, -0.1) is 24.8 Å². The van der Waals surface area contributed by atoms with Gasteiger partial charge in [0, 0.05) is 6.04 Å². The fourth-order valence-electron chi connectivity index (χ4n) is 1.23. The molecular weight excluding hydrogens is 277 g/mol. The minimum atomic E-state index is 0. The van der Waals surface area contributed by atoms with Crippen molar-refractivity contribution in [1.29, 1.82) is 0 Å². The predicted octanol–water partition coefficient (Wildman–Crippen LogP) is 3.25. The standard InChI is InChI=1S/C11H17N3S.2ClH/c1-3-10(12)8-5-4-6-9(7-8)14-11(13)15-2;;/h4-7,10H,3,12H2,1-2H3,(H2,13,14);2*1H. The van der Waals surface area contributed by atoms with Crippen LogP contribution in [0.5, 0.6) is 0 Å². The number of benzene rings is 1. The molecule has 0 bridgehead atoms. The molecule has 0 amide bonds. The van der Waals surface area contributed by atoms with Gasteiger partial charge in [-0.05, 0) is 30.4 Å². The van der Waals surface area contributed by atoms with Crippen LogP contribution in [0.15, 0.2) is 29.3 Å². The molecule has 17 heavy (non-hydrogen) atoms. The van der Waals surface area contributed by atoms with Crippen molar-refractivity contribution in [3.63, 3.8) is 0 Å². The van der Waals surface area contributed by atoms with Crippen molar-refractivity contribution in [2.75, 3.05) is 6.26 Å². The first kappa shape index (κ1) is 18.9. The van der Waals surface area contributed by atoms with E-state index in [1.54, 1.807) is 0 Å². The molecule has 0 fully saturated rings. The summed E-state index contributed by atoms with van der Waals surface area (Å²) in [6, 6.07) is 7.96. The molecule has 1 aromatic rings. The first-order chi connectivity index (χ1) is 7.17. The van der Waals surface area contributed by atoms with Gasteiger partial charge in [-0.2, -0.15) is 0 Å². The fraction of sp³-hybridized carbons (Fsp3) is 0.364. The van der Waals surface area contributed by atoms with Crippen LogP contribution in [0.4, 0.5) is 5.69 Å². The van der Waals surface area contributed by atoms with Gasteiger partial charge < -0.3 is 11.5 Å². The Morgan fingerprint density at radius 3 is 2.59 bits per heavy atom. The van der Waals surface area contributed by atoms with E-state index in [-0.39, 0.29) is 30.9 Å². The molecular formula is C11H19Cl2N3S. The number of hydrogen-bond acceptors (Lipinski definition) is 3. The first-order valence-corrected chi connectivity index (χ1v) is 6.13. The highest BCUT2D eigenvalue weighted by Gasteiger charge is 2.03. The Hall–Kier alpha value is -0.420. The average molecular weight is 296 g/mol. The van der Waals surface area contributed by atoms with E-state index < -0.39 is 0 Å². The molecule has 0 aliphatic carbocycles. The molecule has 0 aliphatic heterocycles. The summed E-state index contributed by atoms with van der Waals surface area (Å²) in [5, 5.41) is 0.567. The van der Waals surface area contributed by atoms with Gasteiger partial charge in [0.05, 0.1) is 5.69 Å². The number of rotatable bonds is 3. The molecule has 0 saturated heterocycles. The number of halogens is 2. The van der Waals surface area contributed by atoms with Crippen LogP contribution in [0.2, 0.25) is 0 Å². The second-order valence-corrected chi connectivity index (χ2v) is 4.09. The molecule has 3 nitrogen and oxygen atoms in total. The summed E-state index contributed by atoms with van der Waals surface area (Å²) >= 11 is 1.44. The summed E-state index contributed by atoms with van der Waals surface area (Å²) in [6.45, 7) is 2.07. The zero-order valence-corrected chi connectivity index (χ0v) is 12.4. The number of nitrogens with zero attached hydrogens (tertiary/aromatic N) is 1. The Bertz CT molecular complexity index is 358. The van der Waals surface area contributed by atoms with Crippen molar-refractivity contribution in [2.45, 2.75) is 19.4 Å². The van der Waals surface area contributed by atoms with Crippen LogP contribution in [-0.2, 0) is 0 Å². The van der Waals surface area contributed by atoms with E-state index in [1.165, 1.54) is 11.8 Å². The highest BCUT2D eigenvalue weighted by atomic mass is 35.5. The van der Waals surface area contributed by atoms with Gasteiger partial charge in [-0.3, -0.25) is 0 Å². The Balaban J connectivity index is 0. The molecule has 0 aromatic heterocycles. The topological polar surface area (TPSA) is 64.4 Å². The van der Waals surface area contributed by atoms with Crippen LogP contribution in [0, 0.1) is 0 Å². The summed E-state index contributed by atoms with van der Waals surface area (Å²) in [4.78, 5) is 4.26. The molecule has 1 unspecified atom stereocenters. The summed E-state index contributed by atoms with van der Waals surface area (Å²) in [5.41, 5.74) is 13.6. The minimum absolute atomic E-state index is 0. The number of thioether (sulfide) groups is 1. The van der Waals surface area contributed by atoms with Gasteiger partial charge >= 0.3 is 0 Å². The van der Waals surface area contributed by atoms with E-state index >= 15 is 0 Å². The monoisotopic (exact) mass is 295 g/mol. The highest BCUT2D eigenvalue weighted by molar-refractivity contribution is 8.13. The van der Waals surface area contributed by atoms with E-state index in [0.29, 0.717) is 5.17 Å². The Kier molecular flexibility index (Phi) is 10.7. The van der Waals surface area contributed by atoms with Crippen molar-refractivity contribution in [1.82, 2.24) is 0 Å². The number of amidine groups is 1. The van der Waals surface area contributed by atoms with Crippen molar-refractivity contribution >= 4 is 47.4 Å². The van der Waals surface area contributed by atoms with Gasteiger partial charge in [-0.1, -0.05) is 30.8 Å². The van der Waals surface area contributed by atoms with Crippen LogP contribution in [-0.4, -0.2) is 11.4 Å². The van der Waals surface area contributed by atoms with Gasteiger partial charge in [0.15, 0.2) is 5.17 Å². The maximum atomic E-state index is 5.94. The van der Waals surface area contributed by atoms with E-state index in [0.717, 1.165) is 17.7 Å². The zero-order valence-electron chi connectivity index (χ0n) is 9.92. The third-order valence-electron chi connectivity index (χ3n) is 2.19. The number of nitrogens with two attached hydrogens (primary N) is 2. The molecule has 0 spiro atoms. The second-order valence-electron chi connectivity index (χ2n) is 3.26. The molecule has 1 rings (SSSR count). The molecule has 0 aliphatic rings. The maximum absolute atomic E-state index is 5.94. The third kappa shape index (κ3) is 6.17. The van der Waals surface area contributed by atoms with Gasteiger partial charge in [0.2, 0.25) is 0 Å². The molecule has 0 heterocycles. The van der Waals surface area contributed by atoms with Crippen LogP contribution in [0.25, 0.3) is 0 Å². The predicted molar refractivity (Wildman–Crippen MR) is 83.0 cm³/mol. The smallest absolute Gasteiger partial charge is 0.158 e. The minimum Gasteiger partial charge on any atom is -0.378 e. The SMILES string of the molecule is CCC(N)c1cccc(N=C(N)SC)c1.Cl.Cl. The lowest BCUT2D eigenvalue weighted by Gasteiger charge is -2.09. The molecule has 6 heteroatoms. The zero-order chi connectivity index (χ0) is 11.3. The van der Waals surface area contributed by atoms with Crippen molar-refractivity contribution in [2.24, 2.45) is 16.5 Å². The second kappa shape index (κ2) is 9.59. The first-order valence-electron chi connectivity index (χ1n) is 4.91. The molecule has 0 saturated carbocycles. The van der Waals surface area contributed by atoms with E-state index in [4.69, 9.17) is 11.5 Å². The molecule has 4 N–H and O–H groups in total. The summed E-state index contributed by atoms with van der Waals surface area (Å²) < 4.78 is 0. The van der Waals surface area contributed by atoms with Crippen molar-refractivity contribution in [3.8, 4) is 0 Å². The molecule has 1 atom stereocenters. The quantitative estimate of drug-likeness (QED) is 0.664. The van der Waals surface area contributed by atoms with E-state index in [1.807, 2.05) is 30.5 Å². The van der Waals surface area contributed by atoms with Crippen molar-refractivity contribution < 1.29 is 0 Å². The lowest BCUT2D eigenvalue weighted by molar-refractivity contribution is 0.699. The third-order valence-corrected chi connectivity index (χ3v) is 2.70. The lowest BCUT2D eigenvalue weighted by atomic mass is 10.1. The molecule has 1 aromatic carbocycles. The Morgan fingerprint density at radius 1 is 1.41 bits per heavy atom. The van der Waals surface area contributed by atoms with Crippen LogP contribution in [0.1, 0.15) is 24.9 Å². The number of aliphatic imine (C=N–C) groups is 1. The summed E-state index contributed by atoms with van der Waals surface area (Å²) in [6.07, 6.45) is 2.83. The largest absolute Gasteiger partial charge is 0.378 e. The van der Waals surface area contributed by atoms with Gasteiger partial charge in [0.25, 0.3) is 0 Å². The van der Waals surface area contributed by atoms with Gasteiger partial charge in [0.1, 0.15) is 0 Å². The summed E-state index contributed by atoms with van der Waals surface area (Å²) in [7, 11) is 0. The van der Waals surface area contributed by atoms with Crippen LogP contribution >= 0.6 is 36.6 Å². The maximum Gasteiger partial charge on any atom is 0.158 e. The number of hydrogen-bond donors (Lipinski definition) is 2. The fourth-order valence-corrected chi connectivity index (χ4v) is 1.43. The van der Waals surface area contributed by atoms with Gasteiger partial charge in [-0.25, -0.2) is 4.99 Å².